The van der Waals surface area contributed by atoms with E-state index in [4.69, 9.17) is 10.00 Å². The van der Waals surface area contributed by atoms with Crippen LogP contribution in [-0.4, -0.2) is 35.0 Å². The monoisotopic (exact) mass is 375 g/mol. The highest BCUT2D eigenvalue weighted by atomic mass is 19.4. The number of piperidine rings is 1. The number of amides is 1. The summed E-state index contributed by atoms with van der Waals surface area (Å²) in [5.41, 5.74) is -0.375. The third kappa shape index (κ3) is 4.56. The fourth-order valence-electron chi connectivity index (χ4n) is 2.87. The second kappa shape index (κ2) is 7.66. The summed E-state index contributed by atoms with van der Waals surface area (Å²) < 4.78 is 44.2. The van der Waals surface area contributed by atoms with E-state index in [1.54, 1.807) is 12.1 Å². The molecule has 2 aromatic rings. The van der Waals surface area contributed by atoms with Crippen molar-refractivity contribution in [2.75, 3.05) is 13.1 Å². The number of benzene rings is 1. The lowest BCUT2D eigenvalue weighted by Crippen LogP contribution is -2.41. The zero-order valence-electron chi connectivity index (χ0n) is 14.2. The number of alkyl halides is 3. The molecule has 0 radical (unpaired) electrons. The maximum atomic E-state index is 12.8. The van der Waals surface area contributed by atoms with Gasteiger partial charge in [-0.15, -0.1) is 0 Å². The highest BCUT2D eigenvalue weighted by molar-refractivity contribution is 5.94. The molecule has 0 aliphatic carbocycles. The Bertz CT molecular complexity index is 852. The van der Waals surface area contributed by atoms with Crippen molar-refractivity contribution < 1.29 is 22.7 Å². The number of pyridine rings is 1. The van der Waals surface area contributed by atoms with Crippen molar-refractivity contribution in [3.05, 3.63) is 59.3 Å². The van der Waals surface area contributed by atoms with Crippen LogP contribution in [-0.2, 0) is 6.18 Å². The minimum atomic E-state index is -4.48. The fraction of sp³-hybridized carbons (Fsp3) is 0.316. The minimum Gasteiger partial charge on any atom is -0.474 e. The topological polar surface area (TPSA) is 66.2 Å². The summed E-state index contributed by atoms with van der Waals surface area (Å²) in [5.74, 6) is -0.0206. The van der Waals surface area contributed by atoms with E-state index in [0.29, 0.717) is 37.4 Å². The molecule has 0 atom stereocenters. The van der Waals surface area contributed by atoms with Crippen molar-refractivity contribution in [3.63, 3.8) is 0 Å². The Labute approximate surface area is 154 Å². The molecule has 3 rings (SSSR count). The molecule has 1 saturated heterocycles. The predicted molar refractivity (Wildman–Crippen MR) is 89.9 cm³/mol. The van der Waals surface area contributed by atoms with Gasteiger partial charge in [-0.1, -0.05) is 6.07 Å². The Morgan fingerprint density at radius 1 is 1.22 bits per heavy atom. The van der Waals surface area contributed by atoms with Crippen LogP contribution < -0.4 is 4.74 Å². The van der Waals surface area contributed by atoms with Crippen LogP contribution in [0.1, 0.15) is 34.3 Å². The summed E-state index contributed by atoms with van der Waals surface area (Å²) >= 11 is 0. The van der Waals surface area contributed by atoms with Gasteiger partial charge in [-0.05, 0) is 24.3 Å². The van der Waals surface area contributed by atoms with Gasteiger partial charge >= 0.3 is 6.18 Å². The quantitative estimate of drug-likeness (QED) is 0.821. The van der Waals surface area contributed by atoms with Crippen LogP contribution in [0.4, 0.5) is 13.2 Å². The molecule has 8 heteroatoms. The summed E-state index contributed by atoms with van der Waals surface area (Å²) in [4.78, 5) is 18.1. The van der Waals surface area contributed by atoms with E-state index < -0.39 is 17.6 Å². The number of hydrogen-bond donors (Lipinski definition) is 0. The average Bonchev–Trinajstić information content (AvgIpc) is 2.68. The maximum absolute atomic E-state index is 12.8. The van der Waals surface area contributed by atoms with E-state index in [-0.39, 0.29) is 11.7 Å². The number of halogens is 3. The van der Waals surface area contributed by atoms with E-state index in [2.05, 4.69) is 4.98 Å². The largest absolute Gasteiger partial charge is 0.474 e. The van der Waals surface area contributed by atoms with Crippen LogP contribution >= 0.6 is 0 Å². The van der Waals surface area contributed by atoms with Crippen LogP contribution in [0.2, 0.25) is 0 Å². The number of nitriles is 1. The molecule has 1 aliphatic heterocycles. The number of hydrogen-bond acceptors (Lipinski definition) is 4. The highest BCUT2D eigenvalue weighted by Gasteiger charge is 2.32. The van der Waals surface area contributed by atoms with Crippen molar-refractivity contribution in [3.8, 4) is 11.9 Å². The van der Waals surface area contributed by atoms with Crippen molar-refractivity contribution in [2.45, 2.75) is 25.1 Å². The van der Waals surface area contributed by atoms with Gasteiger partial charge in [0.25, 0.3) is 5.91 Å². The highest BCUT2D eigenvalue weighted by Crippen LogP contribution is 2.30. The van der Waals surface area contributed by atoms with Crippen LogP contribution in [0, 0.1) is 11.3 Å². The van der Waals surface area contributed by atoms with E-state index >= 15 is 0 Å². The van der Waals surface area contributed by atoms with Gasteiger partial charge in [0.2, 0.25) is 5.88 Å². The molecule has 0 bridgehead atoms. The zero-order valence-corrected chi connectivity index (χ0v) is 14.2. The summed E-state index contributed by atoms with van der Waals surface area (Å²) in [7, 11) is 0. The standard InChI is InChI=1S/C19H16F3N3O2/c20-19(21,22)15-3-1-2-14(10-15)18(26)25-8-6-16(7-9-25)27-17-5-4-13(11-23)12-24-17/h1-5,10,12,16H,6-9H2. The van der Waals surface area contributed by atoms with Crippen LogP contribution in [0.5, 0.6) is 5.88 Å². The molecule has 0 unspecified atom stereocenters. The van der Waals surface area contributed by atoms with Gasteiger partial charge in [0.15, 0.2) is 0 Å². The van der Waals surface area contributed by atoms with Crippen LogP contribution in [0.15, 0.2) is 42.6 Å². The molecule has 2 heterocycles. The Morgan fingerprint density at radius 3 is 2.56 bits per heavy atom. The Kier molecular flexibility index (Phi) is 5.31. The van der Waals surface area contributed by atoms with Gasteiger partial charge in [-0.25, -0.2) is 4.98 Å². The molecule has 140 valence electrons. The summed E-state index contributed by atoms with van der Waals surface area (Å²) in [6, 6.07) is 9.64. The summed E-state index contributed by atoms with van der Waals surface area (Å²) in [6.07, 6.45) is -2.11. The first-order chi connectivity index (χ1) is 12.9. The molecule has 5 nitrogen and oxygen atoms in total. The molecule has 1 aliphatic rings. The summed E-state index contributed by atoms with van der Waals surface area (Å²) in [6.45, 7) is 0.770. The van der Waals surface area contributed by atoms with E-state index in [0.717, 1.165) is 12.1 Å². The summed E-state index contributed by atoms with van der Waals surface area (Å²) in [5, 5.41) is 8.76. The van der Waals surface area contributed by atoms with Gasteiger partial charge in [0.1, 0.15) is 12.2 Å². The average molecular weight is 375 g/mol. The molecule has 0 spiro atoms. The normalized spacial score (nSPS) is 15.3. The lowest BCUT2D eigenvalue weighted by Gasteiger charge is -2.32. The van der Waals surface area contributed by atoms with Crippen molar-refractivity contribution in [1.82, 2.24) is 9.88 Å². The molecule has 0 N–H and O–H groups in total. The van der Waals surface area contributed by atoms with Gasteiger partial charge in [-0.2, -0.15) is 18.4 Å². The smallest absolute Gasteiger partial charge is 0.416 e. The number of rotatable bonds is 3. The molecule has 27 heavy (non-hydrogen) atoms. The molecular formula is C19H16F3N3O2. The third-order valence-corrected chi connectivity index (χ3v) is 4.32. The number of ether oxygens (including phenoxy) is 1. The Morgan fingerprint density at radius 2 is 1.96 bits per heavy atom. The fourth-order valence-corrected chi connectivity index (χ4v) is 2.87. The second-order valence-corrected chi connectivity index (χ2v) is 6.18. The number of aromatic nitrogens is 1. The van der Waals surface area contributed by atoms with Gasteiger partial charge < -0.3 is 9.64 Å². The number of carbonyl (C=O) groups is 1. The van der Waals surface area contributed by atoms with Crippen molar-refractivity contribution in [2.24, 2.45) is 0 Å². The first-order valence-corrected chi connectivity index (χ1v) is 8.36. The van der Waals surface area contributed by atoms with Crippen LogP contribution in [0.25, 0.3) is 0 Å². The third-order valence-electron chi connectivity index (χ3n) is 4.32. The lowest BCUT2D eigenvalue weighted by atomic mass is 10.0. The molecule has 1 fully saturated rings. The van der Waals surface area contributed by atoms with E-state index in [9.17, 15) is 18.0 Å². The Balaban J connectivity index is 1.58. The van der Waals surface area contributed by atoms with E-state index in [1.165, 1.54) is 23.2 Å². The SMILES string of the molecule is N#Cc1ccc(OC2CCN(C(=O)c3cccc(C(F)(F)F)c3)CC2)nc1. The second-order valence-electron chi connectivity index (χ2n) is 6.18. The maximum Gasteiger partial charge on any atom is 0.416 e. The first-order valence-electron chi connectivity index (χ1n) is 8.36. The van der Waals surface area contributed by atoms with Gasteiger partial charge in [-0.3, -0.25) is 4.79 Å². The zero-order chi connectivity index (χ0) is 19.4. The number of carbonyl (C=O) groups excluding carboxylic acids is 1. The predicted octanol–water partition coefficient (Wildman–Crippen LogP) is 3.66. The Hall–Kier alpha value is -3.08. The first kappa shape index (κ1) is 18.7. The molecular weight excluding hydrogens is 359 g/mol. The number of likely N-dealkylation sites (tertiary alicyclic amines) is 1. The molecule has 0 saturated carbocycles. The van der Waals surface area contributed by atoms with Crippen molar-refractivity contribution in [1.29, 1.82) is 5.26 Å². The molecule has 1 aromatic carbocycles. The number of nitrogens with zero attached hydrogens (tertiary/aromatic N) is 3. The van der Waals surface area contributed by atoms with E-state index in [1.807, 2.05) is 6.07 Å². The van der Waals surface area contributed by atoms with Crippen LogP contribution in [0.3, 0.4) is 0 Å². The van der Waals surface area contributed by atoms with Gasteiger partial charge in [0.05, 0.1) is 11.1 Å². The molecule has 1 amide bonds. The van der Waals surface area contributed by atoms with Gasteiger partial charge in [0, 0.05) is 43.8 Å². The molecule has 1 aromatic heterocycles. The minimum absolute atomic E-state index is 0.0259. The van der Waals surface area contributed by atoms with Crippen molar-refractivity contribution >= 4 is 5.91 Å². The lowest BCUT2D eigenvalue weighted by molar-refractivity contribution is -0.137.